The van der Waals surface area contributed by atoms with Gasteiger partial charge in [-0.1, -0.05) is 0 Å². The number of urea groups is 1. The first-order chi connectivity index (χ1) is 9.06. The number of nitrogens with zero attached hydrogens (tertiary/aromatic N) is 3. The number of aryl methyl sites for hydroxylation is 1. The fraction of sp³-hybridized carbons (Fsp3) is 0.583. The molecule has 0 bridgehead atoms. The maximum atomic E-state index is 11.9. The van der Waals surface area contributed by atoms with Crippen LogP contribution in [0.15, 0.2) is 12.4 Å². The number of carboxylic acid groups (broad SMARTS) is 1. The second-order valence-electron chi connectivity index (χ2n) is 4.76. The van der Waals surface area contributed by atoms with Crippen molar-refractivity contribution in [2.24, 2.45) is 7.05 Å². The number of rotatable bonds is 6. The van der Waals surface area contributed by atoms with Crippen LogP contribution < -0.4 is 5.32 Å². The highest BCUT2D eigenvalue weighted by molar-refractivity contribution is 5.80. The van der Waals surface area contributed by atoms with E-state index in [0.29, 0.717) is 13.0 Å². The lowest BCUT2D eigenvalue weighted by molar-refractivity contribution is -0.137. The zero-order valence-electron chi connectivity index (χ0n) is 10.9. The van der Waals surface area contributed by atoms with Gasteiger partial charge in [-0.25, -0.2) is 4.79 Å². The molecule has 2 N–H and O–H groups in total. The molecule has 0 aliphatic heterocycles. The molecule has 0 atom stereocenters. The maximum Gasteiger partial charge on any atom is 0.323 e. The van der Waals surface area contributed by atoms with Crippen molar-refractivity contribution in [2.45, 2.75) is 25.3 Å². The van der Waals surface area contributed by atoms with Gasteiger partial charge >= 0.3 is 12.0 Å². The second kappa shape index (κ2) is 5.73. The van der Waals surface area contributed by atoms with E-state index in [1.165, 1.54) is 4.90 Å². The SMILES string of the molecule is Cn1cc(CCNC(=O)N(CC(=O)O)C2CC2)cn1. The highest BCUT2D eigenvalue weighted by atomic mass is 16.4. The fourth-order valence-corrected chi connectivity index (χ4v) is 1.91. The highest BCUT2D eigenvalue weighted by Gasteiger charge is 2.33. The van der Waals surface area contributed by atoms with Gasteiger partial charge in [0.1, 0.15) is 6.54 Å². The number of carboxylic acids is 1. The lowest BCUT2D eigenvalue weighted by Gasteiger charge is -2.20. The minimum absolute atomic E-state index is 0.0921. The summed E-state index contributed by atoms with van der Waals surface area (Å²) in [5.41, 5.74) is 1.04. The predicted molar refractivity (Wildman–Crippen MR) is 67.7 cm³/mol. The van der Waals surface area contributed by atoms with Crippen LogP contribution in [0.25, 0.3) is 0 Å². The molecule has 2 rings (SSSR count). The molecule has 0 unspecified atom stereocenters. The minimum Gasteiger partial charge on any atom is -0.480 e. The second-order valence-corrected chi connectivity index (χ2v) is 4.76. The number of carbonyl (C=O) groups excluding carboxylic acids is 1. The third-order valence-electron chi connectivity index (χ3n) is 3.00. The van der Waals surface area contributed by atoms with Gasteiger partial charge in [0.25, 0.3) is 0 Å². The van der Waals surface area contributed by atoms with Gasteiger partial charge < -0.3 is 15.3 Å². The van der Waals surface area contributed by atoms with Crippen molar-refractivity contribution >= 4 is 12.0 Å². The standard InChI is InChI=1S/C12H18N4O3/c1-15-7-9(6-14-15)4-5-13-12(19)16(8-11(17)18)10-2-3-10/h6-7,10H,2-5,8H2,1H3,(H,13,19)(H,17,18). The summed E-state index contributed by atoms with van der Waals surface area (Å²) in [6.45, 7) is 0.247. The van der Waals surface area contributed by atoms with E-state index in [0.717, 1.165) is 18.4 Å². The van der Waals surface area contributed by atoms with Gasteiger partial charge in [-0.15, -0.1) is 0 Å². The molecule has 1 saturated carbocycles. The van der Waals surface area contributed by atoms with Crippen LogP contribution in [0.2, 0.25) is 0 Å². The number of hydrogen-bond acceptors (Lipinski definition) is 3. The quantitative estimate of drug-likeness (QED) is 0.771. The number of hydrogen-bond donors (Lipinski definition) is 2. The van der Waals surface area contributed by atoms with Crippen LogP contribution in [0, 0.1) is 0 Å². The van der Waals surface area contributed by atoms with Crippen molar-refractivity contribution in [3.63, 3.8) is 0 Å². The monoisotopic (exact) mass is 266 g/mol. The fourth-order valence-electron chi connectivity index (χ4n) is 1.91. The van der Waals surface area contributed by atoms with Crippen molar-refractivity contribution < 1.29 is 14.7 Å². The van der Waals surface area contributed by atoms with Crippen LogP contribution in [0.3, 0.4) is 0 Å². The Kier molecular flexibility index (Phi) is 4.03. The summed E-state index contributed by atoms with van der Waals surface area (Å²) in [5, 5.41) is 15.6. The third-order valence-corrected chi connectivity index (χ3v) is 3.00. The number of amides is 2. The molecule has 1 aromatic heterocycles. The van der Waals surface area contributed by atoms with E-state index in [4.69, 9.17) is 5.11 Å². The summed E-state index contributed by atoms with van der Waals surface area (Å²) in [6, 6.07) is -0.205. The average molecular weight is 266 g/mol. The van der Waals surface area contributed by atoms with Gasteiger partial charge in [-0.05, 0) is 24.8 Å². The van der Waals surface area contributed by atoms with E-state index in [1.54, 1.807) is 10.9 Å². The average Bonchev–Trinajstić information content (AvgIpc) is 3.10. The van der Waals surface area contributed by atoms with Crippen LogP contribution in [0.5, 0.6) is 0 Å². The minimum atomic E-state index is -0.977. The zero-order chi connectivity index (χ0) is 13.8. The molecule has 0 spiro atoms. The van der Waals surface area contributed by atoms with Gasteiger partial charge in [-0.3, -0.25) is 9.48 Å². The Hall–Kier alpha value is -2.05. The Morgan fingerprint density at radius 3 is 2.84 bits per heavy atom. The largest absolute Gasteiger partial charge is 0.480 e. The topological polar surface area (TPSA) is 87.5 Å². The van der Waals surface area contributed by atoms with Gasteiger partial charge in [0.2, 0.25) is 0 Å². The first-order valence-electron chi connectivity index (χ1n) is 6.30. The van der Waals surface area contributed by atoms with E-state index >= 15 is 0 Å². The number of carbonyl (C=O) groups is 2. The van der Waals surface area contributed by atoms with Crippen LogP contribution in [0.1, 0.15) is 18.4 Å². The smallest absolute Gasteiger partial charge is 0.323 e. The molecule has 7 heteroatoms. The van der Waals surface area contributed by atoms with E-state index in [-0.39, 0.29) is 18.6 Å². The molecule has 1 aliphatic rings. The molecule has 1 aliphatic carbocycles. The van der Waals surface area contributed by atoms with Crippen molar-refractivity contribution in [1.82, 2.24) is 20.0 Å². The molecule has 1 heterocycles. The summed E-state index contributed by atoms with van der Waals surface area (Å²) in [6.07, 6.45) is 6.11. The summed E-state index contributed by atoms with van der Waals surface area (Å²) in [7, 11) is 1.84. The van der Waals surface area contributed by atoms with E-state index in [1.807, 2.05) is 13.2 Å². The van der Waals surface area contributed by atoms with Crippen molar-refractivity contribution in [3.8, 4) is 0 Å². The van der Waals surface area contributed by atoms with Crippen molar-refractivity contribution in [1.29, 1.82) is 0 Å². The first-order valence-corrected chi connectivity index (χ1v) is 6.30. The molecule has 7 nitrogen and oxygen atoms in total. The lowest BCUT2D eigenvalue weighted by Crippen LogP contribution is -2.44. The zero-order valence-corrected chi connectivity index (χ0v) is 10.9. The van der Waals surface area contributed by atoms with E-state index < -0.39 is 5.97 Å². The van der Waals surface area contributed by atoms with Gasteiger partial charge in [0.15, 0.2) is 0 Å². The van der Waals surface area contributed by atoms with Gasteiger partial charge in [-0.2, -0.15) is 5.10 Å². The lowest BCUT2D eigenvalue weighted by atomic mass is 10.2. The number of aliphatic carboxylic acids is 1. The molecule has 104 valence electrons. The summed E-state index contributed by atoms with van der Waals surface area (Å²) in [4.78, 5) is 24.0. The number of aromatic nitrogens is 2. The molecule has 19 heavy (non-hydrogen) atoms. The van der Waals surface area contributed by atoms with Gasteiger partial charge in [0.05, 0.1) is 6.20 Å². The molecule has 1 aromatic rings. The maximum absolute atomic E-state index is 11.9. The highest BCUT2D eigenvalue weighted by Crippen LogP contribution is 2.26. The van der Waals surface area contributed by atoms with Gasteiger partial charge in [0, 0.05) is 25.8 Å². The summed E-state index contributed by atoms with van der Waals surface area (Å²) >= 11 is 0. The molecule has 0 aromatic carbocycles. The first kappa shape index (κ1) is 13.4. The summed E-state index contributed by atoms with van der Waals surface area (Å²) < 4.78 is 1.71. The van der Waals surface area contributed by atoms with Crippen LogP contribution >= 0.6 is 0 Å². The number of nitrogens with one attached hydrogen (secondary N) is 1. The van der Waals surface area contributed by atoms with E-state index in [2.05, 4.69) is 10.4 Å². The molecule has 1 fully saturated rings. The van der Waals surface area contributed by atoms with Crippen LogP contribution in [-0.2, 0) is 18.3 Å². The molecule has 0 radical (unpaired) electrons. The summed E-state index contributed by atoms with van der Waals surface area (Å²) in [5.74, 6) is -0.977. The predicted octanol–water partition coefficient (Wildman–Crippen LogP) is 0.221. The third kappa shape index (κ3) is 3.97. The molecular formula is C12H18N4O3. The Morgan fingerprint density at radius 2 is 2.32 bits per heavy atom. The molecular weight excluding hydrogens is 248 g/mol. The Morgan fingerprint density at radius 1 is 1.58 bits per heavy atom. The Labute approximate surface area is 111 Å². The van der Waals surface area contributed by atoms with Crippen LogP contribution in [0.4, 0.5) is 4.79 Å². The molecule has 2 amide bonds. The Bertz CT molecular complexity index is 467. The Balaban J connectivity index is 1.77. The normalized spacial score (nSPS) is 14.2. The van der Waals surface area contributed by atoms with Crippen molar-refractivity contribution in [2.75, 3.05) is 13.1 Å². The van der Waals surface area contributed by atoms with E-state index in [9.17, 15) is 9.59 Å². The van der Waals surface area contributed by atoms with Crippen molar-refractivity contribution in [3.05, 3.63) is 18.0 Å². The van der Waals surface area contributed by atoms with Crippen LogP contribution in [-0.4, -0.2) is 50.9 Å². The molecule has 0 saturated heterocycles.